The Labute approximate surface area is 366 Å². The lowest BCUT2D eigenvalue weighted by Gasteiger charge is -2.42. The van der Waals surface area contributed by atoms with Crippen molar-refractivity contribution in [1.29, 1.82) is 0 Å². The Hall–Kier alpha value is -1.72. The molecule has 14 nitrogen and oxygen atoms in total. The summed E-state index contributed by atoms with van der Waals surface area (Å²) < 4.78 is 61.0. The zero-order chi connectivity index (χ0) is 46.5. The molecule has 60 heavy (non-hydrogen) atoms. The number of ether oxygens (including phenoxy) is 10. The van der Waals surface area contributed by atoms with Crippen LogP contribution in [0.15, 0.2) is 0 Å². The average Bonchev–Trinajstić information content (AvgIpc) is 3.06. The number of rotatable bonds is 35. The zero-order valence-electron chi connectivity index (χ0n) is 41.0. The summed E-state index contributed by atoms with van der Waals surface area (Å²) in [5.41, 5.74) is -4.76. The van der Waals surface area contributed by atoms with E-state index in [9.17, 15) is 19.5 Å². The highest BCUT2D eigenvalue weighted by molar-refractivity contribution is 6.55. The normalized spacial score (nSPS) is 13.7. The minimum absolute atomic E-state index is 0.0255. The summed E-state index contributed by atoms with van der Waals surface area (Å²) in [5, 5.41) is 9.84. The number of carbonyl (C=O) groups is 3. The number of carbonyl (C=O) groups excluding carboxylic acids is 3. The van der Waals surface area contributed by atoms with Crippen LogP contribution < -0.4 is 0 Å². The molecule has 0 spiro atoms. The van der Waals surface area contributed by atoms with Gasteiger partial charge >= 0.3 is 0 Å². The van der Waals surface area contributed by atoms with E-state index in [0.29, 0.717) is 64.8 Å². The molecule has 0 rings (SSSR count). The third-order valence-electron chi connectivity index (χ3n) is 10.4. The van der Waals surface area contributed by atoms with Crippen LogP contribution in [0.3, 0.4) is 0 Å². The molecular weight excluding hydrogens is 773 g/mol. The lowest BCUT2D eigenvalue weighted by molar-refractivity contribution is -0.196. The maximum absolute atomic E-state index is 11.3. The summed E-state index contributed by atoms with van der Waals surface area (Å²) in [7, 11) is 4.18. The third-order valence-corrected chi connectivity index (χ3v) is 10.4. The van der Waals surface area contributed by atoms with Gasteiger partial charge < -0.3 is 52.5 Å². The molecule has 0 aromatic carbocycles. The molecule has 350 valence electrons. The molecule has 0 fully saturated rings. The molecule has 0 atom stereocenters. The number of hydrogen-bond donors (Lipinski definition) is 1. The highest BCUT2D eigenvalue weighted by Gasteiger charge is 2.40. The highest BCUT2D eigenvalue weighted by Crippen LogP contribution is 2.33. The SMILES string of the molecule is BC(=O)OCCC(C)(C)OCCC(C)(C)OCC(COC(C)(C)CCO)(COC(C)(C)CCOC(C)(C)CCOC(B)=O)COC(C)(C)CCOC(C)(C)CCOC(B)=O. The maximum Gasteiger partial charge on any atom is 0.243 e. The summed E-state index contributed by atoms with van der Waals surface area (Å²) in [4.78, 5) is 33.8. The van der Waals surface area contributed by atoms with Crippen LogP contribution in [-0.4, -0.2) is 158 Å². The van der Waals surface area contributed by atoms with Crippen LogP contribution in [0.5, 0.6) is 0 Å². The minimum atomic E-state index is -0.795. The van der Waals surface area contributed by atoms with Gasteiger partial charge in [0.15, 0.2) is 0 Å². The van der Waals surface area contributed by atoms with Crippen molar-refractivity contribution in [2.75, 3.05) is 72.7 Å². The molecule has 0 amide bonds. The predicted octanol–water partition coefficient (Wildman–Crippen LogP) is 5.57. The monoisotopic (exact) mass is 859 g/mol. The van der Waals surface area contributed by atoms with Gasteiger partial charge in [-0.05, 0) is 123 Å². The summed E-state index contributed by atoms with van der Waals surface area (Å²) in [6.45, 7) is 30.9. The molecule has 0 unspecified atom stereocenters. The Kier molecular flexibility index (Phi) is 25.4. The van der Waals surface area contributed by atoms with E-state index in [2.05, 4.69) is 0 Å². The lowest BCUT2D eigenvalue weighted by atomic mass is 9.89. The molecule has 0 bridgehead atoms. The van der Waals surface area contributed by atoms with E-state index in [4.69, 9.17) is 47.4 Å². The van der Waals surface area contributed by atoms with Crippen LogP contribution in [-0.2, 0) is 47.4 Å². The van der Waals surface area contributed by atoms with Crippen molar-refractivity contribution in [3.63, 3.8) is 0 Å². The van der Waals surface area contributed by atoms with Crippen LogP contribution in [0, 0.1) is 5.41 Å². The Morgan fingerprint density at radius 2 is 0.550 bits per heavy atom. The van der Waals surface area contributed by atoms with E-state index >= 15 is 0 Å². The van der Waals surface area contributed by atoms with Gasteiger partial charge in [0.1, 0.15) is 0 Å². The molecule has 0 saturated heterocycles. The fourth-order valence-corrected chi connectivity index (χ4v) is 5.46. The number of aliphatic hydroxyl groups is 1. The highest BCUT2D eigenvalue weighted by atomic mass is 16.6. The van der Waals surface area contributed by atoms with Gasteiger partial charge in [0, 0.05) is 25.9 Å². The summed E-state index contributed by atoms with van der Waals surface area (Å²) in [5.74, 6) is -0.950. The standard InChI is InChI=1S/C43H85B3O14/c1-36(2,15-22-47)57-29-43(30-58-40(9,10)19-26-54-37(3,4)16-23-51-33(44)48,31-59-41(11,12)20-27-55-38(5,6)17-24-52-34(45)49)32-60-42(13,14)21-28-56-39(7,8)18-25-53-35(46)50/h47H,15-32,44-46H2,1-14H3. The van der Waals surface area contributed by atoms with E-state index in [1.807, 2.05) is 96.9 Å². The minimum Gasteiger partial charge on any atom is -0.474 e. The van der Waals surface area contributed by atoms with Gasteiger partial charge in [0.25, 0.3) is 0 Å². The van der Waals surface area contributed by atoms with Crippen molar-refractivity contribution in [2.24, 2.45) is 5.41 Å². The molecular formula is C43H85B3O14. The maximum atomic E-state index is 11.3. The first-order valence-electron chi connectivity index (χ1n) is 21.7. The average molecular weight is 859 g/mol. The first-order valence-corrected chi connectivity index (χ1v) is 21.7. The molecule has 0 aliphatic heterocycles. The van der Waals surface area contributed by atoms with E-state index in [1.54, 1.807) is 0 Å². The van der Waals surface area contributed by atoms with Gasteiger partial charge in [-0.2, -0.15) is 0 Å². The zero-order valence-corrected chi connectivity index (χ0v) is 41.0. The van der Waals surface area contributed by atoms with E-state index < -0.39 is 44.6 Å². The molecule has 0 aliphatic rings. The van der Waals surface area contributed by atoms with Gasteiger partial charge in [-0.3, -0.25) is 14.4 Å². The molecule has 1 N–H and O–H groups in total. The lowest BCUT2D eigenvalue weighted by Crippen LogP contribution is -2.49. The Balaban J connectivity index is 6.30. The summed E-state index contributed by atoms with van der Waals surface area (Å²) >= 11 is 0. The van der Waals surface area contributed by atoms with Crippen molar-refractivity contribution in [3.05, 3.63) is 0 Å². The number of aliphatic hydroxyl groups excluding tert-OH is 1. The molecule has 17 heteroatoms. The Morgan fingerprint density at radius 1 is 0.350 bits per heavy atom. The fourth-order valence-electron chi connectivity index (χ4n) is 5.46. The topological polar surface area (TPSA) is 164 Å². The van der Waals surface area contributed by atoms with Crippen LogP contribution >= 0.6 is 0 Å². The van der Waals surface area contributed by atoms with Gasteiger partial charge in [-0.1, -0.05) is 0 Å². The van der Waals surface area contributed by atoms with Gasteiger partial charge in [0.2, 0.25) is 41.1 Å². The second-order valence-electron chi connectivity index (χ2n) is 20.5. The molecule has 0 aliphatic carbocycles. The first kappa shape index (κ1) is 58.3. The summed E-state index contributed by atoms with van der Waals surface area (Å²) in [6, 6.07) is 0. The van der Waals surface area contributed by atoms with E-state index in [0.717, 1.165) is 0 Å². The van der Waals surface area contributed by atoms with Crippen molar-refractivity contribution >= 4 is 41.1 Å². The largest absolute Gasteiger partial charge is 0.474 e. The fraction of sp³-hybridized carbons (Fsp3) is 0.930. The summed E-state index contributed by atoms with van der Waals surface area (Å²) in [6.07, 6.45) is 3.89. The molecule has 0 heterocycles. The van der Waals surface area contributed by atoms with Crippen molar-refractivity contribution < 1.29 is 66.9 Å². The van der Waals surface area contributed by atoms with Crippen molar-refractivity contribution in [3.8, 4) is 0 Å². The van der Waals surface area contributed by atoms with Crippen LogP contribution in [0.1, 0.15) is 142 Å². The van der Waals surface area contributed by atoms with Crippen LogP contribution in [0.2, 0.25) is 0 Å². The van der Waals surface area contributed by atoms with Gasteiger partial charge in [-0.25, -0.2) is 0 Å². The van der Waals surface area contributed by atoms with E-state index in [-0.39, 0.29) is 70.5 Å². The Bertz CT molecular complexity index is 1120. The van der Waals surface area contributed by atoms with Crippen molar-refractivity contribution in [2.45, 2.75) is 181 Å². The van der Waals surface area contributed by atoms with E-state index in [1.165, 1.54) is 23.5 Å². The van der Waals surface area contributed by atoms with Gasteiger partial charge in [-0.15, -0.1) is 0 Å². The third kappa shape index (κ3) is 30.4. The second kappa shape index (κ2) is 26.2. The van der Waals surface area contributed by atoms with Crippen LogP contribution in [0.4, 0.5) is 14.4 Å². The van der Waals surface area contributed by atoms with Crippen molar-refractivity contribution in [1.82, 2.24) is 0 Å². The molecule has 0 saturated carbocycles. The predicted molar refractivity (Wildman–Crippen MR) is 242 cm³/mol. The quantitative estimate of drug-likeness (QED) is 0.0622. The Morgan fingerprint density at radius 3 is 0.767 bits per heavy atom. The molecule has 0 aromatic heterocycles. The molecule has 0 aromatic rings. The second-order valence-corrected chi connectivity index (χ2v) is 20.5. The number of hydrogen-bond acceptors (Lipinski definition) is 14. The molecule has 0 radical (unpaired) electrons. The van der Waals surface area contributed by atoms with Crippen LogP contribution in [0.25, 0.3) is 0 Å². The van der Waals surface area contributed by atoms with Gasteiger partial charge in [0.05, 0.1) is 111 Å². The smallest absolute Gasteiger partial charge is 0.243 e. The first-order chi connectivity index (χ1) is 27.3.